The monoisotopic (exact) mass is 316 g/mol. The fourth-order valence-electron chi connectivity index (χ4n) is 1.93. The molecule has 0 radical (unpaired) electrons. The van der Waals surface area contributed by atoms with Gasteiger partial charge in [-0.15, -0.1) is 10.2 Å². The minimum Gasteiger partial charge on any atom is -0.422 e. The van der Waals surface area contributed by atoms with Crippen molar-refractivity contribution in [1.29, 1.82) is 0 Å². The highest BCUT2D eigenvalue weighted by Crippen LogP contribution is 2.21. The Morgan fingerprint density at radius 1 is 1.16 bits per heavy atom. The van der Waals surface area contributed by atoms with Crippen LogP contribution in [-0.4, -0.2) is 10.2 Å². The van der Waals surface area contributed by atoms with Crippen LogP contribution in [0, 0.1) is 6.92 Å². The molecule has 0 fully saturated rings. The van der Waals surface area contributed by atoms with Gasteiger partial charge < -0.3 is 4.42 Å². The van der Waals surface area contributed by atoms with Crippen LogP contribution in [0.1, 0.15) is 5.56 Å². The molecule has 3 aromatic rings. The molecule has 94 valence electrons. The zero-order valence-electron chi connectivity index (χ0n) is 10.1. The quantitative estimate of drug-likeness (QED) is 0.646. The van der Waals surface area contributed by atoms with Gasteiger partial charge in [0.05, 0.1) is 5.56 Å². The maximum atomic E-state index is 12.0. The van der Waals surface area contributed by atoms with Crippen molar-refractivity contribution < 1.29 is 4.42 Å². The lowest BCUT2D eigenvalue weighted by Crippen LogP contribution is -2.04. The van der Waals surface area contributed by atoms with E-state index >= 15 is 0 Å². The summed E-state index contributed by atoms with van der Waals surface area (Å²) in [7, 11) is 0. The highest BCUT2D eigenvalue weighted by Gasteiger charge is 2.10. The molecule has 0 atom stereocenters. The highest BCUT2D eigenvalue weighted by molar-refractivity contribution is 9.10. The van der Waals surface area contributed by atoms with Gasteiger partial charge >= 0.3 is 5.63 Å². The van der Waals surface area contributed by atoms with Crippen molar-refractivity contribution in [1.82, 2.24) is 10.2 Å². The predicted octanol–water partition coefficient (Wildman–Crippen LogP) is 3.32. The first-order valence-electron chi connectivity index (χ1n) is 5.68. The van der Waals surface area contributed by atoms with Crippen LogP contribution in [0.4, 0.5) is 0 Å². The van der Waals surface area contributed by atoms with Gasteiger partial charge in [0, 0.05) is 5.39 Å². The van der Waals surface area contributed by atoms with Crippen molar-refractivity contribution in [2.24, 2.45) is 0 Å². The first-order valence-corrected chi connectivity index (χ1v) is 6.47. The minimum absolute atomic E-state index is 0.404. The SMILES string of the molecule is Cc1cccc2cc(-c3ccc(Br)nn3)c(=O)oc12. The molecule has 0 unspecified atom stereocenters. The minimum atomic E-state index is -0.404. The van der Waals surface area contributed by atoms with Crippen LogP contribution in [0.2, 0.25) is 0 Å². The number of aryl methyl sites for hydroxylation is 1. The zero-order valence-corrected chi connectivity index (χ0v) is 11.6. The van der Waals surface area contributed by atoms with Crippen molar-refractivity contribution >= 4 is 26.9 Å². The van der Waals surface area contributed by atoms with E-state index in [9.17, 15) is 4.79 Å². The molecule has 0 saturated heterocycles. The van der Waals surface area contributed by atoms with E-state index in [1.807, 2.05) is 25.1 Å². The van der Waals surface area contributed by atoms with Crippen LogP contribution in [0.25, 0.3) is 22.2 Å². The molecule has 0 aliphatic heterocycles. The summed E-state index contributed by atoms with van der Waals surface area (Å²) in [6.45, 7) is 1.91. The van der Waals surface area contributed by atoms with Gasteiger partial charge in [0.25, 0.3) is 0 Å². The lowest BCUT2D eigenvalue weighted by Gasteiger charge is -2.03. The Morgan fingerprint density at radius 2 is 2.00 bits per heavy atom. The number of para-hydroxylation sites is 1. The Balaban J connectivity index is 2.28. The van der Waals surface area contributed by atoms with Crippen LogP contribution in [-0.2, 0) is 0 Å². The second kappa shape index (κ2) is 4.59. The molecule has 0 N–H and O–H groups in total. The van der Waals surface area contributed by atoms with Crippen LogP contribution in [0.3, 0.4) is 0 Å². The van der Waals surface area contributed by atoms with Gasteiger partial charge in [0.15, 0.2) is 0 Å². The number of benzene rings is 1. The van der Waals surface area contributed by atoms with E-state index in [-0.39, 0.29) is 0 Å². The number of hydrogen-bond donors (Lipinski definition) is 0. The van der Waals surface area contributed by atoms with Crippen molar-refractivity contribution in [3.05, 3.63) is 57.0 Å². The van der Waals surface area contributed by atoms with E-state index in [4.69, 9.17) is 4.42 Å². The predicted molar refractivity (Wildman–Crippen MR) is 75.9 cm³/mol. The Kier molecular flexibility index (Phi) is 2.91. The van der Waals surface area contributed by atoms with Crippen molar-refractivity contribution in [2.75, 3.05) is 0 Å². The molecule has 2 aromatic heterocycles. The standard InChI is InChI=1S/C14H9BrN2O2/c1-8-3-2-4-9-7-10(14(18)19-13(8)9)11-5-6-12(15)17-16-11/h2-7H,1H3. The maximum absolute atomic E-state index is 12.0. The number of nitrogens with zero attached hydrogens (tertiary/aromatic N) is 2. The third-order valence-electron chi connectivity index (χ3n) is 2.86. The van der Waals surface area contributed by atoms with E-state index < -0.39 is 5.63 Å². The van der Waals surface area contributed by atoms with E-state index in [0.29, 0.717) is 21.4 Å². The summed E-state index contributed by atoms with van der Waals surface area (Å²) in [6.07, 6.45) is 0. The molecule has 0 bridgehead atoms. The van der Waals surface area contributed by atoms with Gasteiger partial charge in [0.2, 0.25) is 0 Å². The lowest BCUT2D eigenvalue weighted by atomic mass is 10.1. The van der Waals surface area contributed by atoms with Gasteiger partial charge in [-0.1, -0.05) is 18.2 Å². The summed E-state index contributed by atoms with van der Waals surface area (Å²) in [5.74, 6) is 0. The molecule has 19 heavy (non-hydrogen) atoms. The fraction of sp³-hybridized carbons (Fsp3) is 0.0714. The Bertz CT molecular complexity index is 810. The molecular formula is C14H9BrN2O2. The average Bonchev–Trinajstić information content (AvgIpc) is 2.40. The van der Waals surface area contributed by atoms with Crippen LogP contribution in [0.15, 0.2) is 50.2 Å². The summed E-state index contributed by atoms with van der Waals surface area (Å²) in [4.78, 5) is 12.0. The maximum Gasteiger partial charge on any atom is 0.345 e. The smallest absolute Gasteiger partial charge is 0.345 e. The van der Waals surface area contributed by atoms with Crippen molar-refractivity contribution in [3.63, 3.8) is 0 Å². The molecule has 3 rings (SSSR count). The normalized spacial score (nSPS) is 10.8. The third-order valence-corrected chi connectivity index (χ3v) is 3.29. The van der Waals surface area contributed by atoms with Crippen LogP contribution < -0.4 is 5.63 Å². The fourth-order valence-corrected chi connectivity index (χ4v) is 2.14. The number of halogens is 1. The second-order valence-corrected chi connectivity index (χ2v) is 4.99. The molecule has 4 nitrogen and oxygen atoms in total. The van der Waals surface area contributed by atoms with Crippen LogP contribution >= 0.6 is 15.9 Å². The average molecular weight is 317 g/mol. The summed E-state index contributed by atoms with van der Waals surface area (Å²) >= 11 is 3.21. The molecule has 1 aromatic carbocycles. The van der Waals surface area contributed by atoms with E-state index in [1.165, 1.54) is 0 Å². The molecule has 0 aliphatic rings. The first kappa shape index (κ1) is 12.0. The number of rotatable bonds is 1. The molecule has 0 saturated carbocycles. The zero-order chi connectivity index (χ0) is 13.4. The van der Waals surface area contributed by atoms with E-state index in [2.05, 4.69) is 26.1 Å². The number of aromatic nitrogens is 2. The summed E-state index contributed by atoms with van der Waals surface area (Å²) < 4.78 is 6.00. The van der Waals surface area contributed by atoms with Gasteiger partial charge in [-0.2, -0.15) is 0 Å². The lowest BCUT2D eigenvalue weighted by molar-refractivity contribution is 0.560. The molecule has 2 heterocycles. The summed E-state index contributed by atoms with van der Waals surface area (Å²) in [6, 6.07) is 11.0. The Hall–Kier alpha value is -2.01. The molecule has 0 amide bonds. The largest absolute Gasteiger partial charge is 0.422 e. The van der Waals surface area contributed by atoms with Gasteiger partial charge in [-0.25, -0.2) is 4.79 Å². The van der Waals surface area contributed by atoms with E-state index in [1.54, 1.807) is 18.2 Å². The van der Waals surface area contributed by atoms with E-state index in [0.717, 1.165) is 10.9 Å². The van der Waals surface area contributed by atoms with Crippen molar-refractivity contribution in [3.8, 4) is 11.3 Å². The number of fused-ring (bicyclic) bond motifs is 1. The Labute approximate surface area is 117 Å². The summed E-state index contributed by atoms with van der Waals surface area (Å²) in [5.41, 5.74) is 2.06. The van der Waals surface area contributed by atoms with Gasteiger partial charge in [0.1, 0.15) is 15.9 Å². The highest BCUT2D eigenvalue weighted by atomic mass is 79.9. The van der Waals surface area contributed by atoms with Gasteiger partial charge in [-0.3, -0.25) is 0 Å². The molecular weight excluding hydrogens is 308 g/mol. The summed E-state index contributed by atoms with van der Waals surface area (Å²) in [5, 5.41) is 8.74. The molecule has 0 aliphatic carbocycles. The molecule has 0 spiro atoms. The van der Waals surface area contributed by atoms with Crippen LogP contribution in [0.5, 0.6) is 0 Å². The number of hydrogen-bond acceptors (Lipinski definition) is 4. The topological polar surface area (TPSA) is 56.0 Å². The van der Waals surface area contributed by atoms with Crippen molar-refractivity contribution in [2.45, 2.75) is 6.92 Å². The second-order valence-electron chi connectivity index (χ2n) is 4.18. The molecule has 5 heteroatoms. The third kappa shape index (κ3) is 2.17. The Morgan fingerprint density at radius 3 is 2.74 bits per heavy atom. The first-order chi connectivity index (χ1) is 9.15. The van der Waals surface area contributed by atoms with Gasteiger partial charge in [-0.05, 0) is 46.6 Å².